The second-order valence-electron chi connectivity index (χ2n) is 3.89. The highest BCUT2D eigenvalue weighted by Crippen LogP contribution is 2.16. The van der Waals surface area contributed by atoms with Crippen LogP contribution in [0, 0.1) is 4.77 Å². The molecule has 0 atom stereocenters. The molecule has 19 heavy (non-hydrogen) atoms. The number of rotatable bonds is 4. The molecule has 1 amide bonds. The lowest BCUT2D eigenvalue weighted by Crippen LogP contribution is -2.24. The van der Waals surface area contributed by atoms with Crippen LogP contribution in [0.25, 0.3) is 0 Å². The van der Waals surface area contributed by atoms with Crippen molar-refractivity contribution in [2.24, 2.45) is 7.05 Å². The summed E-state index contributed by atoms with van der Waals surface area (Å²) in [5.74, 6) is 0.981. The summed E-state index contributed by atoms with van der Waals surface area (Å²) in [5, 5.41) is 9.46. The van der Waals surface area contributed by atoms with E-state index < -0.39 is 0 Å². The molecule has 0 saturated heterocycles. The first-order chi connectivity index (χ1) is 9.13. The Hall–Kier alpha value is -2.15. The minimum absolute atomic E-state index is 0.216. The lowest BCUT2D eigenvalue weighted by molar-refractivity contribution is 0.0946. The maximum Gasteiger partial charge on any atom is 0.255 e. The van der Waals surface area contributed by atoms with Crippen molar-refractivity contribution in [3.8, 4) is 5.75 Å². The van der Waals surface area contributed by atoms with Crippen LogP contribution in [0.3, 0.4) is 0 Å². The number of para-hydroxylation sites is 1. The molecule has 0 bridgehead atoms. The second kappa shape index (κ2) is 5.66. The van der Waals surface area contributed by atoms with Crippen LogP contribution in [0.2, 0.25) is 0 Å². The summed E-state index contributed by atoms with van der Waals surface area (Å²) in [7, 11) is 3.32. The van der Waals surface area contributed by atoms with Crippen LogP contribution >= 0.6 is 12.2 Å². The van der Waals surface area contributed by atoms with Crippen molar-refractivity contribution < 1.29 is 9.53 Å². The Balaban J connectivity index is 2.10. The van der Waals surface area contributed by atoms with Crippen LogP contribution in [0.4, 0.5) is 0 Å². The highest BCUT2D eigenvalue weighted by molar-refractivity contribution is 7.71. The predicted octanol–water partition coefficient (Wildman–Crippen LogP) is 1.42. The van der Waals surface area contributed by atoms with Crippen molar-refractivity contribution in [1.82, 2.24) is 20.1 Å². The van der Waals surface area contributed by atoms with E-state index in [2.05, 4.69) is 15.5 Å². The molecule has 100 valence electrons. The summed E-state index contributed by atoms with van der Waals surface area (Å²) in [6, 6.07) is 7.04. The van der Waals surface area contributed by atoms with E-state index in [9.17, 15) is 4.79 Å². The summed E-state index contributed by atoms with van der Waals surface area (Å²) >= 11 is 5.00. The van der Waals surface area contributed by atoms with Crippen molar-refractivity contribution in [1.29, 1.82) is 0 Å². The summed E-state index contributed by atoms with van der Waals surface area (Å²) in [6.07, 6.45) is 0. The van der Waals surface area contributed by atoms with Crippen LogP contribution < -0.4 is 10.1 Å². The van der Waals surface area contributed by atoms with E-state index in [0.717, 1.165) is 0 Å². The molecule has 1 aromatic carbocycles. The van der Waals surface area contributed by atoms with Crippen molar-refractivity contribution in [2.45, 2.75) is 6.54 Å². The molecule has 0 unspecified atom stereocenters. The maximum atomic E-state index is 12.1. The van der Waals surface area contributed by atoms with Gasteiger partial charge in [-0.3, -0.25) is 9.89 Å². The van der Waals surface area contributed by atoms with Gasteiger partial charge in [-0.05, 0) is 24.4 Å². The monoisotopic (exact) mass is 278 g/mol. The molecule has 0 saturated carbocycles. The molecule has 1 heterocycles. The van der Waals surface area contributed by atoms with E-state index in [0.29, 0.717) is 28.5 Å². The van der Waals surface area contributed by atoms with Gasteiger partial charge in [0.05, 0.1) is 19.2 Å². The standard InChI is InChI=1S/C12H14N4O2S/c1-16-10(14-15-12(16)19)7-13-11(17)8-5-3-4-6-9(8)18-2/h3-6H,7H2,1-2H3,(H,13,17)(H,15,19). The Kier molecular flexibility index (Phi) is 3.96. The number of H-pyrrole nitrogens is 1. The fraction of sp³-hybridized carbons (Fsp3) is 0.250. The molecule has 0 aliphatic rings. The highest BCUT2D eigenvalue weighted by Gasteiger charge is 2.12. The maximum absolute atomic E-state index is 12.1. The van der Waals surface area contributed by atoms with Gasteiger partial charge in [-0.25, -0.2) is 0 Å². The van der Waals surface area contributed by atoms with Crippen LogP contribution in [0.5, 0.6) is 5.75 Å². The quantitative estimate of drug-likeness (QED) is 0.830. The summed E-state index contributed by atoms with van der Waals surface area (Å²) in [4.78, 5) is 12.1. The van der Waals surface area contributed by atoms with Crippen LogP contribution in [0.15, 0.2) is 24.3 Å². The molecule has 1 aromatic heterocycles. The van der Waals surface area contributed by atoms with E-state index in [1.54, 1.807) is 29.8 Å². The van der Waals surface area contributed by atoms with Gasteiger partial charge >= 0.3 is 0 Å². The largest absolute Gasteiger partial charge is 0.496 e. The van der Waals surface area contributed by atoms with Gasteiger partial charge in [-0.15, -0.1) is 0 Å². The van der Waals surface area contributed by atoms with E-state index in [1.807, 2.05) is 6.07 Å². The number of carbonyl (C=O) groups is 1. The van der Waals surface area contributed by atoms with Gasteiger partial charge < -0.3 is 14.6 Å². The summed E-state index contributed by atoms with van der Waals surface area (Å²) in [5.41, 5.74) is 0.488. The number of hydrogen-bond donors (Lipinski definition) is 2. The molecule has 2 aromatic rings. The van der Waals surface area contributed by atoms with Gasteiger partial charge in [0.1, 0.15) is 5.75 Å². The smallest absolute Gasteiger partial charge is 0.255 e. The van der Waals surface area contributed by atoms with Gasteiger partial charge in [-0.2, -0.15) is 5.10 Å². The molecule has 0 spiro atoms. The number of ether oxygens (including phenoxy) is 1. The number of aromatic nitrogens is 3. The molecule has 7 heteroatoms. The third kappa shape index (κ3) is 2.82. The first-order valence-electron chi connectivity index (χ1n) is 5.65. The van der Waals surface area contributed by atoms with Crippen LogP contribution in [0.1, 0.15) is 16.2 Å². The van der Waals surface area contributed by atoms with E-state index in [-0.39, 0.29) is 5.91 Å². The second-order valence-corrected chi connectivity index (χ2v) is 4.27. The molecular weight excluding hydrogens is 264 g/mol. The SMILES string of the molecule is COc1ccccc1C(=O)NCc1n[nH]c(=S)n1C. The molecule has 0 aliphatic heterocycles. The Labute approximate surface area is 115 Å². The lowest BCUT2D eigenvalue weighted by atomic mass is 10.2. The number of aromatic amines is 1. The lowest BCUT2D eigenvalue weighted by Gasteiger charge is -2.08. The molecular formula is C12H14N4O2S. The number of carbonyl (C=O) groups excluding carboxylic acids is 1. The van der Waals surface area contributed by atoms with E-state index >= 15 is 0 Å². The molecule has 2 N–H and O–H groups in total. The van der Waals surface area contributed by atoms with Gasteiger partial charge in [0.15, 0.2) is 10.6 Å². The summed E-state index contributed by atoms with van der Waals surface area (Å²) in [6.45, 7) is 0.292. The van der Waals surface area contributed by atoms with Crippen LogP contribution in [-0.4, -0.2) is 27.8 Å². The Bertz CT molecular complexity index is 647. The Morgan fingerprint density at radius 3 is 2.89 bits per heavy atom. The molecule has 2 rings (SSSR count). The topological polar surface area (TPSA) is 71.9 Å². The zero-order valence-electron chi connectivity index (χ0n) is 10.6. The normalized spacial score (nSPS) is 10.2. The third-order valence-corrected chi connectivity index (χ3v) is 3.10. The van der Waals surface area contributed by atoms with Gasteiger partial charge in [0.25, 0.3) is 5.91 Å². The van der Waals surface area contributed by atoms with Crippen molar-refractivity contribution in [3.05, 3.63) is 40.4 Å². The summed E-state index contributed by atoms with van der Waals surface area (Å²) < 4.78 is 7.36. The number of nitrogens with one attached hydrogen (secondary N) is 2. The highest BCUT2D eigenvalue weighted by atomic mass is 32.1. The average molecular weight is 278 g/mol. The number of methoxy groups -OCH3 is 1. The van der Waals surface area contributed by atoms with E-state index in [4.69, 9.17) is 17.0 Å². The first-order valence-corrected chi connectivity index (χ1v) is 6.05. The van der Waals surface area contributed by atoms with Crippen LogP contribution in [-0.2, 0) is 13.6 Å². The van der Waals surface area contributed by atoms with Gasteiger partial charge in [0, 0.05) is 7.05 Å². The number of nitrogens with zero attached hydrogens (tertiary/aromatic N) is 2. The fourth-order valence-corrected chi connectivity index (χ4v) is 1.78. The Morgan fingerprint density at radius 1 is 1.53 bits per heavy atom. The minimum atomic E-state index is -0.216. The third-order valence-electron chi connectivity index (χ3n) is 2.73. The van der Waals surface area contributed by atoms with E-state index in [1.165, 1.54) is 7.11 Å². The zero-order valence-corrected chi connectivity index (χ0v) is 11.5. The molecule has 0 aliphatic carbocycles. The zero-order chi connectivity index (χ0) is 13.8. The average Bonchev–Trinajstić information content (AvgIpc) is 2.76. The number of benzene rings is 1. The minimum Gasteiger partial charge on any atom is -0.496 e. The fourth-order valence-electron chi connectivity index (χ4n) is 1.62. The molecule has 6 nitrogen and oxygen atoms in total. The molecule has 0 fully saturated rings. The van der Waals surface area contributed by atoms with Crippen molar-refractivity contribution in [2.75, 3.05) is 7.11 Å². The number of hydrogen-bond acceptors (Lipinski definition) is 4. The first kappa shape index (κ1) is 13.3. The molecule has 0 radical (unpaired) electrons. The number of amides is 1. The van der Waals surface area contributed by atoms with Gasteiger partial charge in [-0.1, -0.05) is 12.1 Å². The van der Waals surface area contributed by atoms with Crippen molar-refractivity contribution >= 4 is 18.1 Å². The predicted molar refractivity (Wildman–Crippen MR) is 72.6 cm³/mol. The van der Waals surface area contributed by atoms with Gasteiger partial charge in [0.2, 0.25) is 0 Å². The Morgan fingerprint density at radius 2 is 2.26 bits per heavy atom. The van der Waals surface area contributed by atoms with Crippen molar-refractivity contribution in [3.63, 3.8) is 0 Å².